The molecule has 19 heavy (non-hydrogen) atoms. The monoisotopic (exact) mass is 276 g/mol. The lowest BCUT2D eigenvalue weighted by atomic mass is 10.1. The lowest BCUT2D eigenvalue weighted by molar-refractivity contribution is 0.0955. The second kappa shape index (κ2) is 6.53. The molecule has 0 saturated heterocycles. The van der Waals surface area contributed by atoms with Crippen molar-refractivity contribution >= 4 is 28.4 Å². The zero-order valence-electron chi connectivity index (χ0n) is 10.9. The minimum Gasteiger partial charge on any atom is -0.351 e. The molecule has 3 nitrogen and oxygen atoms in total. The number of pyridine rings is 1. The Labute approximate surface area is 118 Å². The van der Waals surface area contributed by atoms with Crippen LogP contribution in [0.25, 0.3) is 10.9 Å². The zero-order valence-corrected chi connectivity index (χ0v) is 11.7. The Morgan fingerprint density at radius 1 is 1.37 bits per heavy atom. The molecule has 0 aliphatic rings. The van der Waals surface area contributed by atoms with Gasteiger partial charge in [-0.2, -0.15) is 0 Å². The first-order valence-electron chi connectivity index (χ1n) is 6.48. The number of aromatic nitrogens is 1. The van der Waals surface area contributed by atoms with E-state index in [4.69, 9.17) is 11.6 Å². The molecule has 0 aliphatic carbocycles. The van der Waals surface area contributed by atoms with Gasteiger partial charge in [-0.1, -0.05) is 31.5 Å². The van der Waals surface area contributed by atoms with Gasteiger partial charge in [-0.25, -0.2) is 0 Å². The molecule has 0 saturated carbocycles. The number of hydrogen-bond acceptors (Lipinski definition) is 2. The molecule has 1 aromatic heterocycles. The van der Waals surface area contributed by atoms with Crippen LogP contribution in [0.15, 0.2) is 36.5 Å². The molecule has 1 amide bonds. The molecule has 1 heterocycles. The molecule has 0 radical (unpaired) electrons. The third-order valence-electron chi connectivity index (χ3n) is 2.98. The molecule has 2 aromatic rings. The molecule has 2 rings (SSSR count). The van der Waals surface area contributed by atoms with E-state index in [2.05, 4.69) is 17.2 Å². The lowest BCUT2D eigenvalue weighted by Crippen LogP contribution is -2.29. The number of carbonyl (C=O) groups excluding carboxylic acids is 1. The number of alkyl halides is 1. The highest BCUT2D eigenvalue weighted by Gasteiger charge is 2.11. The summed E-state index contributed by atoms with van der Waals surface area (Å²) in [4.78, 5) is 16.4. The first-order chi connectivity index (χ1) is 9.22. The number of fused-ring (bicyclic) bond motifs is 1. The van der Waals surface area contributed by atoms with Crippen molar-refractivity contribution in [3.05, 3.63) is 42.1 Å². The number of nitrogens with zero attached hydrogens (tertiary/aromatic N) is 1. The largest absolute Gasteiger partial charge is 0.351 e. The molecule has 0 spiro atoms. The molecule has 4 heteroatoms. The van der Waals surface area contributed by atoms with Crippen LogP contribution in [-0.2, 0) is 0 Å². The summed E-state index contributed by atoms with van der Waals surface area (Å²) in [6.45, 7) is 2.57. The first-order valence-corrected chi connectivity index (χ1v) is 6.92. The van der Waals surface area contributed by atoms with E-state index >= 15 is 0 Å². The fraction of sp³-hybridized carbons (Fsp3) is 0.333. The van der Waals surface area contributed by atoms with Crippen molar-refractivity contribution < 1.29 is 4.79 Å². The summed E-state index contributed by atoms with van der Waals surface area (Å²) in [5.74, 6) is -0.0969. The predicted molar refractivity (Wildman–Crippen MR) is 78.6 cm³/mol. The maximum Gasteiger partial charge on any atom is 0.252 e. The summed E-state index contributed by atoms with van der Waals surface area (Å²) in [5.41, 5.74) is 1.47. The summed E-state index contributed by atoms with van der Waals surface area (Å²) in [6.07, 6.45) is 3.57. The number of halogens is 1. The third-order valence-corrected chi connectivity index (χ3v) is 3.35. The van der Waals surface area contributed by atoms with Gasteiger partial charge < -0.3 is 5.32 Å². The maximum absolute atomic E-state index is 12.2. The van der Waals surface area contributed by atoms with Gasteiger partial charge in [0, 0.05) is 18.1 Å². The molecular formula is C15H17ClN2O. The fourth-order valence-electron chi connectivity index (χ4n) is 2.01. The minimum absolute atomic E-state index is 0.0120. The van der Waals surface area contributed by atoms with Crippen LogP contribution >= 0.6 is 11.6 Å². The van der Waals surface area contributed by atoms with Crippen LogP contribution < -0.4 is 5.32 Å². The van der Waals surface area contributed by atoms with Crippen molar-refractivity contribution in [3.8, 4) is 0 Å². The van der Waals surface area contributed by atoms with Crippen molar-refractivity contribution in [2.24, 2.45) is 0 Å². The molecule has 0 bridgehead atoms. The second-order valence-electron chi connectivity index (χ2n) is 4.47. The number of hydrogen-bond donors (Lipinski definition) is 1. The fourth-order valence-corrected chi connectivity index (χ4v) is 2.30. The Kier molecular flexibility index (Phi) is 4.74. The second-order valence-corrected chi connectivity index (χ2v) is 5.09. The lowest BCUT2D eigenvalue weighted by Gasteiger charge is -2.11. The van der Waals surface area contributed by atoms with Crippen molar-refractivity contribution in [1.29, 1.82) is 0 Å². The van der Waals surface area contributed by atoms with Crippen molar-refractivity contribution in [1.82, 2.24) is 10.3 Å². The Bertz CT molecular complexity index is 566. The van der Waals surface area contributed by atoms with E-state index in [1.54, 1.807) is 12.3 Å². The smallest absolute Gasteiger partial charge is 0.252 e. The van der Waals surface area contributed by atoms with Crippen molar-refractivity contribution in [2.45, 2.75) is 25.1 Å². The highest BCUT2D eigenvalue weighted by atomic mass is 35.5. The number of carbonyl (C=O) groups is 1. The quantitative estimate of drug-likeness (QED) is 0.851. The molecular weight excluding hydrogens is 260 g/mol. The Morgan fingerprint density at radius 3 is 2.95 bits per heavy atom. The van der Waals surface area contributed by atoms with Crippen molar-refractivity contribution in [2.75, 3.05) is 6.54 Å². The Balaban J connectivity index is 2.13. The van der Waals surface area contributed by atoms with Gasteiger partial charge >= 0.3 is 0 Å². The van der Waals surface area contributed by atoms with E-state index in [0.29, 0.717) is 12.1 Å². The first kappa shape index (κ1) is 13.8. The standard InChI is InChI=1S/C15H17ClN2O/c1-2-5-11(16)10-18-15(19)13-8-9-17-14-7-4-3-6-12(13)14/h3-4,6-9,11H,2,5,10H2,1H3,(H,18,19). The summed E-state index contributed by atoms with van der Waals surface area (Å²) < 4.78 is 0. The number of benzene rings is 1. The molecule has 1 atom stereocenters. The van der Waals surface area contributed by atoms with Gasteiger partial charge in [0.2, 0.25) is 0 Å². The van der Waals surface area contributed by atoms with E-state index in [1.165, 1.54) is 0 Å². The number of rotatable bonds is 5. The third kappa shape index (κ3) is 3.44. The molecule has 0 fully saturated rings. The average Bonchev–Trinajstić information content (AvgIpc) is 2.44. The van der Waals surface area contributed by atoms with Crippen LogP contribution in [0.3, 0.4) is 0 Å². The van der Waals surface area contributed by atoms with E-state index in [1.807, 2.05) is 24.3 Å². The average molecular weight is 277 g/mol. The number of amides is 1. The molecule has 1 N–H and O–H groups in total. The Morgan fingerprint density at radius 2 is 2.16 bits per heavy atom. The molecule has 0 aliphatic heterocycles. The van der Waals surface area contributed by atoms with Crippen LogP contribution in [0.1, 0.15) is 30.1 Å². The topological polar surface area (TPSA) is 42.0 Å². The minimum atomic E-state index is -0.0969. The van der Waals surface area contributed by atoms with Crippen LogP contribution in [0.5, 0.6) is 0 Å². The summed E-state index contributed by atoms with van der Waals surface area (Å²) >= 11 is 6.10. The Hall–Kier alpha value is -1.61. The molecule has 100 valence electrons. The van der Waals surface area contributed by atoms with Gasteiger partial charge in [-0.3, -0.25) is 9.78 Å². The van der Waals surface area contributed by atoms with Gasteiger partial charge in [0.25, 0.3) is 5.91 Å². The van der Waals surface area contributed by atoms with E-state index in [-0.39, 0.29) is 11.3 Å². The van der Waals surface area contributed by atoms with Crippen LogP contribution in [0, 0.1) is 0 Å². The van der Waals surface area contributed by atoms with Crippen LogP contribution in [0.2, 0.25) is 0 Å². The van der Waals surface area contributed by atoms with Crippen LogP contribution in [0.4, 0.5) is 0 Å². The highest BCUT2D eigenvalue weighted by molar-refractivity contribution is 6.21. The van der Waals surface area contributed by atoms with E-state index in [0.717, 1.165) is 23.7 Å². The van der Waals surface area contributed by atoms with Crippen LogP contribution in [-0.4, -0.2) is 22.8 Å². The van der Waals surface area contributed by atoms with Gasteiger partial charge in [-0.05, 0) is 18.6 Å². The summed E-state index contributed by atoms with van der Waals surface area (Å²) in [6, 6.07) is 9.35. The van der Waals surface area contributed by atoms with E-state index in [9.17, 15) is 4.79 Å². The highest BCUT2D eigenvalue weighted by Crippen LogP contribution is 2.16. The SMILES string of the molecule is CCCC(Cl)CNC(=O)c1ccnc2ccccc12. The summed E-state index contributed by atoms with van der Waals surface area (Å²) in [7, 11) is 0. The number of nitrogens with one attached hydrogen (secondary N) is 1. The maximum atomic E-state index is 12.2. The zero-order chi connectivity index (χ0) is 13.7. The number of para-hydroxylation sites is 1. The molecule has 1 aromatic carbocycles. The van der Waals surface area contributed by atoms with Gasteiger partial charge in [0.05, 0.1) is 16.5 Å². The van der Waals surface area contributed by atoms with E-state index < -0.39 is 0 Å². The molecule has 1 unspecified atom stereocenters. The normalized spacial score (nSPS) is 12.3. The van der Waals surface area contributed by atoms with Gasteiger partial charge in [0.1, 0.15) is 0 Å². The van der Waals surface area contributed by atoms with Crippen molar-refractivity contribution in [3.63, 3.8) is 0 Å². The summed E-state index contributed by atoms with van der Waals surface area (Å²) in [5, 5.41) is 3.73. The van der Waals surface area contributed by atoms with Gasteiger partial charge in [-0.15, -0.1) is 11.6 Å². The van der Waals surface area contributed by atoms with Gasteiger partial charge in [0.15, 0.2) is 0 Å². The predicted octanol–water partition coefficient (Wildman–Crippen LogP) is 3.37.